The number of aromatic nitrogens is 1. The molecule has 1 fully saturated rings. The normalized spacial score (nSPS) is 22.2. The molecule has 2 rings (SSSR count). The molecule has 1 saturated carbocycles. The van der Waals surface area contributed by atoms with Crippen LogP contribution < -0.4 is 5.32 Å². The lowest BCUT2D eigenvalue weighted by Crippen LogP contribution is -2.38. The molecule has 3 N–H and O–H groups in total. The summed E-state index contributed by atoms with van der Waals surface area (Å²) in [6, 6.07) is 1.10. The maximum atomic E-state index is 11.9. The van der Waals surface area contributed by atoms with Crippen molar-refractivity contribution in [2.24, 2.45) is 5.92 Å². The van der Waals surface area contributed by atoms with Gasteiger partial charge in [-0.05, 0) is 25.7 Å². The van der Waals surface area contributed by atoms with Crippen LogP contribution in [0.3, 0.4) is 0 Å². The minimum atomic E-state index is -0.797. The lowest BCUT2D eigenvalue weighted by atomic mass is 9.86. The van der Waals surface area contributed by atoms with Crippen molar-refractivity contribution in [1.29, 1.82) is 0 Å². The number of carboxylic acids is 1. The molecule has 8 nitrogen and oxygen atoms in total. The highest BCUT2D eigenvalue weighted by Crippen LogP contribution is 2.24. The van der Waals surface area contributed by atoms with Crippen LogP contribution in [0.25, 0.3) is 0 Å². The summed E-state index contributed by atoms with van der Waals surface area (Å²) in [5, 5.41) is 22.2. The Bertz CT molecular complexity index is 531. The second-order valence-corrected chi connectivity index (χ2v) is 4.89. The van der Waals surface area contributed by atoms with Gasteiger partial charge in [0.05, 0.1) is 17.0 Å². The molecule has 108 valence electrons. The van der Waals surface area contributed by atoms with Crippen LogP contribution in [0.5, 0.6) is 0 Å². The van der Waals surface area contributed by atoms with Gasteiger partial charge in [-0.2, -0.15) is 0 Å². The first-order valence-electron chi connectivity index (χ1n) is 6.34. The summed E-state index contributed by atoms with van der Waals surface area (Å²) in [5.74, 6) is -1.54. The van der Waals surface area contributed by atoms with Crippen LogP contribution in [0.1, 0.15) is 36.2 Å². The molecule has 0 aliphatic heterocycles. The van der Waals surface area contributed by atoms with Gasteiger partial charge in [0, 0.05) is 12.1 Å². The summed E-state index contributed by atoms with van der Waals surface area (Å²) >= 11 is 0. The summed E-state index contributed by atoms with van der Waals surface area (Å²) in [5.41, 5.74) is -0.0261. The van der Waals surface area contributed by atoms with Crippen molar-refractivity contribution in [2.75, 3.05) is 0 Å². The zero-order chi connectivity index (χ0) is 14.7. The number of hydrogen-bond acceptors (Lipinski definition) is 4. The van der Waals surface area contributed by atoms with Gasteiger partial charge in [0.25, 0.3) is 11.6 Å². The molecule has 0 bridgehead atoms. The molecule has 1 aromatic rings. The topological polar surface area (TPSA) is 125 Å². The fourth-order valence-electron chi connectivity index (χ4n) is 2.37. The van der Waals surface area contributed by atoms with Crippen LogP contribution in [0.2, 0.25) is 0 Å². The average Bonchev–Trinajstić information content (AvgIpc) is 2.89. The van der Waals surface area contributed by atoms with Gasteiger partial charge in [-0.3, -0.25) is 19.7 Å². The molecule has 0 atom stereocenters. The molecule has 1 aliphatic rings. The van der Waals surface area contributed by atoms with Gasteiger partial charge in [-0.25, -0.2) is 0 Å². The monoisotopic (exact) mass is 281 g/mol. The molecule has 1 aromatic heterocycles. The summed E-state index contributed by atoms with van der Waals surface area (Å²) in [6.07, 6.45) is 3.43. The van der Waals surface area contributed by atoms with E-state index < -0.39 is 16.8 Å². The molecule has 0 spiro atoms. The second-order valence-electron chi connectivity index (χ2n) is 4.89. The van der Waals surface area contributed by atoms with E-state index in [1.165, 1.54) is 6.07 Å². The number of aliphatic carboxylic acids is 1. The van der Waals surface area contributed by atoms with Crippen molar-refractivity contribution < 1.29 is 19.6 Å². The number of nitrogens with zero attached hydrogens (tertiary/aromatic N) is 1. The molecule has 1 aliphatic carbocycles. The third-order valence-electron chi connectivity index (χ3n) is 3.53. The number of H-pyrrole nitrogens is 1. The Morgan fingerprint density at radius 1 is 1.35 bits per heavy atom. The van der Waals surface area contributed by atoms with Crippen LogP contribution in [0.15, 0.2) is 12.3 Å². The van der Waals surface area contributed by atoms with E-state index >= 15 is 0 Å². The molecular weight excluding hydrogens is 266 g/mol. The lowest BCUT2D eigenvalue weighted by molar-refractivity contribution is -0.384. The number of amides is 1. The molecule has 1 amide bonds. The summed E-state index contributed by atoms with van der Waals surface area (Å²) in [4.78, 5) is 35.2. The Labute approximate surface area is 114 Å². The highest BCUT2D eigenvalue weighted by molar-refractivity contribution is 5.93. The van der Waals surface area contributed by atoms with Crippen molar-refractivity contribution in [3.8, 4) is 0 Å². The molecular formula is C12H15N3O5. The number of nitrogens with one attached hydrogen (secondary N) is 2. The summed E-state index contributed by atoms with van der Waals surface area (Å²) in [7, 11) is 0. The number of hydrogen-bond donors (Lipinski definition) is 3. The minimum Gasteiger partial charge on any atom is -0.481 e. The smallest absolute Gasteiger partial charge is 0.306 e. The van der Waals surface area contributed by atoms with E-state index in [9.17, 15) is 19.7 Å². The lowest BCUT2D eigenvalue weighted by Gasteiger charge is -2.26. The van der Waals surface area contributed by atoms with Crippen LogP contribution >= 0.6 is 0 Å². The van der Waals surface area contributed by atoms with Crippen molar-refractivity contribution >= 4 is 17.6 Å². The quantitative estimate of drug-likeness (QED) is 0.566. The number of nitro groups is 1. The van der Waals surface area contributed by atoms with Crippen molar-refractivity contribution in [2.45, 2.75) is 31.7 Å². The van der Waals surface area contributed by atoms with Gasteiger partial charge < -0.3 is 15.4 Å². The zero-order valence-electron chi connectivity index (χ0n) is 10.7. The Morgan fingerprint density at radius 2 is 2.00 bits per heavy atom. The Morgan fingerprint density at radius 3 is 2.50 bits per heavy atom. The number of rotatable bonds is 4. The number of carbonyl (C=O) groups excluding carboxylic acids is 1. The Balaban J connectivity index is 1.89. The molecule has 0 aromatic carbocycles. The van der Waals surface area contributed by atoms with Gasteiger partial charge in [0.2, 0.25) is 0 Å². The predicted molar refractivity (Wildman–Crippen MR) is 68.3 cm³/mol. The van der Waals surface area contributed by atoms with Crippen molar-refractivity contribution in [3.63, 3.8) is 0 Å². The van der Waals surface area contributed by atoms with Crippen molar-refractivity contribution in [3.05, 3.63) is 28.1 Å². The first-order valence-corrected chi connectivity index (χ1v) is 6.34. The van der Waals surface area contributed by atoms with Gasteiger partial charge >= 0.3 is 5.97 Å². The first kappa shape index (κ1) is 14.0. The maximum Gasteiger partial charge on any atom is 0.306 e. The first-order chi connectivity index (χ1) is 9.47. The zero-order valence-corrected chi connectivity index (χ0v) is 10.7. The molecule has 1 heterocycles. The largest absolute Gasteiger partial charge is 0.481 e. The molecule has 8 heteroatoms. The molecule has 0 saturated heterocycles. The SMILES string of the molecule is O=C(NC1CCC(C(=O)O)CC1)c1cc([N+](=O)[O-])c[nH]1. The Kier molecular flexibility index (Phi) is 4.02. The number of aromatic amines is 1. The van der Waals surface area contributed by atoms with E-state index in [4.69, 9.17) is 5.11 Å². The van der Waals surface area contributed by atoms with E-state index in [2.05, 4.69) is 10.3 Å². The van der Waals surface area contributed by atoms with Gasteiger partial charge in [0.1, 0.15) is 5.69 Å². The van der Waals surface area contributed by atoms with E-state index in [1.54, 1.807) is 0 Å². The van der Waals surface area contributed by atoms with Crippen molar-refractivity contribution in [1.82, 2.24) is 10.3 Å². The fourth-order valence-corrected chi connectivity index (χ4v) is 2.37. The highest BCUT2D eigenvalue weighted by atomic mass is 16.6. The maximum absolute atomic E-state index is 11.9. The predicted octanol–water partition coefficient (Wildman–Crippen LogP) is 1.30. The van der Waals surface area contributed by atoms with Gasteiger partial charge in [0.15, 0.2) is 0 Å². The van der Waals surface area contributed by atoms with Crippen LogP contribution in [0.4, 0.5) is 5.69 Å². The number of carbonyl (C=O) groups is 2. The van der Waals surface area contributed by atoms with E-state index in [-0.39, 0.29) is 23.3 Å². The summed E-state index contributed by atoms with van der Waals surface area (Å²) < 4.78 is 0. The van der Waals surface area contributed by atoms with Crippen LogP contribution in [0, 0.1) is 16.0 Å². The van der Waals surface area contributed by atoms with Gasteiger partial charge in [-0.15, -0.1) is 0 Å². The van der Waals surface area contributed by atoms with E-state index in [0.29, 0.717) is 25.7 Å². The molecule has 0 unspecified atom stereocenters. The number of carboxylic acid groups (broad SMARTS) is 1. The molecule has 0 radical (unpaired) electrons. The average molecular weight is 281 g/mol. The van der Waals surface area contributed by atoms with Crippen LogP contribution in [-0.4, -0.2) is 32.9 Å². The van der Waals surface area contributed by atoms with Gasteiger partial charge in [-0.1, -0.05) is 0 Å². The van der Waals surface area contributed by atoms with E-state index in [1.807, 2.05) is 0 Å². The fraction of sp³-hybridized carbons (Fsp3) is 0.500. The molecule has 20 heavy (non-hydrogen) atoms. The summed E-state index contributed by atoms with van der Waals surface area (Å²) in [6.45, 7) is 0. The third kappa shape index (κ3) is 3.14. The minimum absolute atomic E-state index is 0.0829. The second kappa shape index (κ2) is 5.72. The van der Waals surface area contributed by atoms with Crippen LogP contribution in [-0.2, 0) is 4.79 Å². The highest BCUT2D eigenvalue weighted by Gasteiger charge is 2.27. The standard InChI is InChI=1S/C12H15N3O5/c16-11(10-5-9(6-13-10)15(19)20)14-8-3-1-7(2-4-8)12(17)18/h5-8,13H,1-4H2,(H,14,16)(H,17,18). The van der Waals surface area contributed by atoms with E-state index in [0.717, 1.165) is 6.20 Å². The Hall–Kier alpha value is -2.38. The third-order valence-corrected chi connectivity index (χ3v) is 3.53.